The fourth-order valence-electron chi connectivity index (χ4n) is 5.27. The van der Waals surface area contributed by atoms with Gasteiger partial charge in [-0.05, 0) is 68.5 Å². The number of fused-ring (bicyclic) bond motifs is 2. The number of benzene rings is 1. The van der Waals surface area contributed by atoms with Gasteiger partial charge in [0.1, 0.15) is 5.84 Å². The Bertz CT molecular complexity index is 1330. The van der Waals surface area contributed by atoms with Crippen LogP contribution in [-0.2, 0) is 11.3 Å². The van der Waals surface area contributed by atoms with Gasteiger partial charge in [0.25, 0.3) is 5.91 Å². The van der Waals surface area contributed by atoms with E-state index in [1.165, 1.54) is 17.6 Å². The minimum absolute atomic E-state index is 0.0140. The monoisotopic (exact) mass is 627 g/mol. The lowest BCUT2D eigenvalue weighted by Gasteiger charge is -2.33. The van der Waals surface area contributed by atoms with Crippen LogP contribution in [0.5, 0.6) is 0 Å². The Hall–Kier alpha value is -3.97. The fraction of sp³-hybridized carbons (Fsp3) is 0.462. The van der Waals surface area contributed by atoms with E-state index in [4.69, 9.17) is 0 Å². The van der Waals surface area contributed by atoms with Crippen molar-refractivity contribution in [3.63, 3.8) is 0 Å². The van der Waals surface area contributed by atoms with Crippen LogP contribution in [-0.4, -0.2) is 78.7 Å². The number of allylic oxidation sites excluding steroid dienone is 6. The molecule has 0 spiro atoms. The Balaban J connectivity index is 0.000000826. The van der Waals surface area contributed by atoms with Crippen LogP contribution < -0.4 is 5.32 Å². The van der Waals surface area contributed by atoms with Crippen LogP contribution >= 0.6 is 0 Å². The average molecular weight is 628 g/mol. The quantitative estimate of drug-likeness (QED) is 0.259. The molecule has 1 aromatic carbocycles. The molecule has 46 heavy (non-hydrogen) atoms. The summed E-state index contributed by atoms with van der Waals surface area (Å²) in [6.45, 7) is 20.9. The summed E-state index contributed by atoms with van der Waals surface area (Å²) in [5, 5.41) is 3.37. The maximum absolute atomic E-state index is 13.6. The maximum Gasteiger partial charge on any atom is 0.253 e. The molecule has 1 aliphatic carbocycles. The molecule has 2 amide bonds. The van der Waals surface area contributed by atoms with E-state index >= 15 is 0 Å². The molecule has 250 valence electrons. The summed E-state index contributed by atoms with van der Waals surface area (Å²) in [4.78, 5) is 36.8. The third-order valence-corrected chi connectivity index (χ3v) is 7.54. The minimum Gasteiger partial charge on any atom is -0.368 e. The second kappa shape index (κ2) is 20.9. The van der Waals surface area contributed by atoms with Gasteiger partial charge < -0.3 is 15.1 Å². The number of carbonyl (C=O) groups excluding carboxylic acids is 2. The molecule has 3 aliphatic rings. The molecule has 2 aliphatic heterocycles. The summed E-state index contributed by atoms with van der Waals surface area (Å²) in [5.41, 5.74) is 6.36. The lowest BCUT2D eigenvalue weighted by atomic mass is 10.0. The molecular weight excluding hydrogens is 570 g/mol. The highest BCUT2D eigenvalue weighted by molar-refractivity contribution is 6.02. The molecule has 1 fully saturated rings. The van der Waals surface area contributed by atoms with Crippen LogP contribution in [0.15, 0.2) is 101 Å². The molecule has 1 saturated heterocycles. The largest absolute Gasteiger partial charge is 0.368 e. The summed E-state index contributed by atoms with van der Waals surface area (Å²) in [6, 6.07) is 7.63. The van der Waals surface area contributed by atoms with Crippen molar-refractivity contribution >= 4 is 17.6 Å². The first-order chi connectivity index (χ1) is 22.2. The Kier molecular flexibility index (Phi) is 17.4. The topological polar surface area (TPSA) is 68.2 Å². The smallest absolute Gasteiger partial charge is 0.253 e. The molecule has 0 unspecified atom stereocenters. The van der Waals surface area contributed by atoms with E-state index in [2.05, 4.69) is 79.9 Å². The number of nitrogens with zero attached hydrogens (tertiary/aromatic N) is 4. The summed E-state index contributed by atoms with van der Waals surface area (Å²) in [7, 11) is 1.81. The first-order valence-electron chi connectivity index (χ1n) is 16.9. The van der Waals surface area contributed by atoms with Gasteiger partial charge in [-0.15, -0.1) is 6.58 Å². The molecule has 2 heterocycles. The highest BCUT2D eigenvalue weighted by Crippen LogP contribution is 2.27. The van der Waals surface area contributed by atoms with E-state index in [0.717, 1.165) is 61.7 Å². The third kappa shape index (κ3) is 12.4. The summed E-state index contributed by atoms with van der Waals surface area (Å²) in [6.07, 6.45) is 18.2. The van der Waals surface area contributed by atoms with E-state index < -0.39 is 0 Å². The van der Waals surface area contributed by atoms with E-state index in [1.54, 1.807) is 4.90 Å². The van der Waals surface area contributed by atoms with Crippen molar-refractivity contribution in [2.75, 3.05) is 46.3 Å². The van der Waals surface area contributed by atoms with Crippen molar-refractivity contribution in [3.05, 3.63) is 107 Å². The Labute approximate surface area is 278 Å². The number of hydrogen-bond donors (Lipinski definition) is 1. The average Bonchev–Trinajstić information content (AvgIpc) is 3.51. The van der Waals surface area contributed by atoms with Crippen molar-refractivity contribution in [2.24, 2.45) is 4.99 Å². The van der Waals surface area contributed by atoms with Crippen LogP contribution in [0, 0.1) is 0 Å². The Morgan fingerprint density at radius 1 is 1.07 bits per heavy atom. The van der Waals surface area contributed by atoms with Crippen LogP contribution in [0.25, 0.3) is 0 Å². The summed E-state index contributed by atoms with van der Waals surface area (Å²) >= 11 is 0. The number of carbonyl (C=O) groups is 2. The van der Waals surface area contributed by atoms with Gasteiger partial charge in [0.05, 0.1) is 19.6 Å². The maximum atomic E-state index is 13.6. The number of amides is 2. The van der Waals surface area contributed by atoms with Crippen molar-refractivity contribution in [3.8, 4) is 0 Å². The number of aliphatic imine (C=N–C) groups is 1. The lowest BCUT2D eigenvalue weighted by molar-refractivity contribution is -0.131. The van der Waals surface area contributed by atoms with E-state index in [-0.39, 0.29) is 11.8 Å². The zero-order valence-corrected chi connectivity index (χ0v) is 29.4. The van der Waals surface area contributed by atoms with E-state index in [1.807, 2.05) is 62.2 Å². The van der Waals surface area contributed by atoms with Gasteiger partial charge >= 0.3 is 0 Å². The van der Waals surface area contributed by atoms with E-state index in [9.17, 15) is 9.59 Å². The predicted octanol–water partition coefficient (Wildman–Crippen LogP) is 7.48. The van der Waals surface area contributed by atoms with Crippen molar-refractivity contribution in [2.45, 2.75) is 73.8 Å². The second-order valence-corrected chi connectivity index (χ2v) is 11.6. The number of amidine groups is 1. The molecule has 0 radical (unpaired) electrons. The number of hydrogen-bond acceptors (Lipinski definition) is 5. The second-order valence-electron chi connectivity index (χ2n) is 11.6. The summed E-state index contributed by atoms with van der Waals surface area (Å²) in [5.74, 6) is 0.986. The first kappa shape index (κ1) is 38.2. The summed E-state index contributed by atoms with van der Waals surface area (Å²) < 4.78 is 0. The highest BCUT2D eigenvalue weighted by Gasteiger charge is 2.27. The van der Waals surface area contributed by atoms with Crippen LogP contribution in [0.1, 0.15) is 83.1 Å². The number of likely N-dealkylation sites (N-methyl/N-ethyl adjacent to an activating group) is 1. The molecule has 1 N–H and O–H groups in total. The normalized spacial score (nSPS) is 16.1. The van der Waals surface area contributed by atoms with Gasteiger partial charge in [0.15, 0.2) is 0 Å². The molecule has 7 nitrogen and oxygen atoms in total. The molecular formula is C39H57N5O2. The lowest BCUT2D eigenvalue weighted by Crippen LogP contribution is -2.43. The molecule has 4 rings (SSSR count). The van der Waals surface area contributed by atoms with Crippen molar-refractivity contribution in [1.82, 2.24) is 20.0 Å². The Morgan fingerprint density at radius 3 is 2.39 bits per heavy atom. The SMILES string of the molecule is C=CCCN1CC(=O)N(Cc2ccc(C(=O)N(C)C/C=C\CC)cc2)C2=CC=C(C3=NCCN3)C=C(C2)C1.CC.CCC=C(C)C. The van der Waals surface area contributed by atoms with Crippen molar-refractivity contribution in [1.29, 1.82) is 0 Å². The van der Waals surface area contributed by atoms with Crippen LogP contribution in [0.4, 0.5) is 0 Å². The predicted molar refractivity (Wildman–Crippen MR) is 195 cm³/mol. The minimum atomic E-state index is -0.0140. The molecule has 7 heteroatoms. The van der Waals surface area contributed by atoms with E-state index in [0.29, 0.717) is 31.6 Å². The van der Waals surface area contributed by atoms with Crippen LogP contribution in [0.3, 0.4) is 0 Å². The fourth-order valence-corrected chi connectivity index (χ4v) is 5.27. The van der Waals surface area contributed by atoms with Gasteiger partial charge in [-0.2, -0.15) is 0 Å². The molecule has 0 aromatic heterocycles. The van der Waals surface area contributed by atoms with Crippen molar-refractivity contribution < 1.29 is 9.59 Å². The number of rotatable bonds is 11. The van der Waals surface area contributed by atoms with Gasteiger partial charge in [-0.25, -0.2) is 0 Å². The molecule has 1 aromatic rings. The highest BCUT2D eigenvalue weighted by atomic mass is 16.2. The molecule has 2 bridgehead atoms. The van der Waals surface area contributed by atoms with Gasteiger partial charge in [-0.3, -0.25) is 19.5 Å². The molecule has 0 atom stereocenters. The van der Waals surface area contributed by atoms with Gasteiger partial charge in [0.2, 0.25) is 5.91 Å². The van der Waals surface area contributed by atoms with Crippen LogP contribution in [0.2, 0.25) is 0 Å². The zero-order chi connectivity index (χ0) is 33.9. The van der Waals surface area contributed by atoms with Gasteiger partial charge in [0, 0.05) is 56.5 Å². The third-order valence-electron chi connectivity index (χ3n) is 7.54. The Morgan fingerprint density at radius 2 is 1.80 bits per heavy atom. The van der Waals surface area contributed by atoms with Gasteiger partial charge in [-0.1, -0.05) is 75.8 Å². The first-order valence-corrected chi connectivity index (χ1v) is 16.9. The number of nitrogens with one attached hydrogen (secondary N) is 1. The standard InChI is InChI=1S/C31H39N5O2.C6H12.C2H6/c1-4-6-8-17-34(3)31(38)26-11-9-24(10-12-26)22-36-28-14-13-27(30-32-15-16-33-30)19-25(20-28)21-35(18-7-5-2)23-29(36)37;1-4-5-6(2)3;1-2/h5-6,8-14,19H,2,4,7,15-18,20-23H2,1,3H3,(H,32,33);5H,4H2,1-3H3;1-2H3/b8-6-;;. The zero-order valence-electron chi connectivity index (χ0n) is 29.4. The molecule has 0 saturated carbocycles.